The molecule has 0 saturated heterocycles. The van der Waals surface area contributed by atoms with Gasteiger partial charge in [0.2, 0.25) is 5.95 Å². The van der Waals surface area contributed by atoms with Crippen molar-refractivity contribution in [3.8, 4) is 11.3 Å². The molecule has 2 N–H and O–H groups in total. The Kier molecular flexibility index (Phi) is 3.24. The molecule has 0 amide bonds. The van der Waals surface area contributed by atoms with E-state index < -0.39 is 0 Å². The van der Waals surface area contributed by atoms with E-state index in [2.05, 4.69) is 20.3 Å². The molecule has 2 aromatic carbocycles. The molecule has 0 atom stereocenters. The summed E-state index contributed by atoms with van der Waals surface area (Å²) in [6, 6.07) is 16.2. The maximum atomic E-state index is 13.5. The number of nitrogens with one attached hydrogen (secondary N) is 2. The molecule has 0 bridgehead atoms. The zero-order chi connectivity index (χ0) is 15.6. The third-order valence-electron chi connectivity index (χ3n) is 3.61. The van der Waals surface area contributed by atoms with Gasteiger partial charge in [-0.15, -0.1) is 0 Å². The van der Waals surface area contributed by atoms with Crippen LogP contribution in [-0.4, -0.2) is 15.0 Å². The summed E-state index contributed by atoms with van der Waals surface area (Å²) < 4.78 is 13.5. The summed E-state index contributed by atoms with van der Waals surface area (Å²) in [7, 11) is 0. The number of anilines is 2. The molecule has 0 fully saturated rings. The smallest absolute Gasteiger partial charge is 0.227 e. The Bertz CT molecular complexity index is 963. The SMILES string of the molecule is Fc1ccc2[nH]cc(-c3ccnc(Nc4ccccc4)n3)c2c1. The Morgan fingerprint density at radius 2 is 1.87 bits per heavy atom. The van der Waals surface area contributed by atoms with Crippen LogP contribution in [0.4, 0.5) is 16.0 Å². The van der Waals surface area contributed by atoms with Gasteiger partial charge in [-0.2, -0.15) is 0 Å². The van der Waals surface area contributed by atoms with Gasteiger partial charge in [-0.05, 0) is 36.4 Å². The highest BCUT2D eigenvalue weighted by Gasteiger charge is 2.09. The van der Waals surface area contributed by atoms with Crippen molar-refractivity contribution in [3.63, 3.8) is 0 Å². The van der Waals surface area contributed by atoms with Crippen LogP contribution in [0, 0.1) is 5.82 Å². The van der Waals surface area contributed by atoms with Crippen molar-refractivity contribution in [3.05, 3.63) is 72.8 Å². The number of hydrogen-bond acceptors (Lipinski definition) is 3. The average molecular weight is 304 g/mol. The molecule has 4 aromatic rings. The lowest BCUT2D eigenvalue weighted by Crippen LogP contribution is -1.97. The maximum absolute atomic E-state index is 13.5. The van der Waals surface area contributed by atoms with Gasteiger partial charge in [0.15, 0.2) is 0 Å². The number of benzene rings is 2. The predicted octanol–water partition coefficient (Wildman–Crippen LogP) is 4.51. The largest absolute Gasteiger partial charge is 0.360 e. The molecule has 0 aliphatic rings. The average Bonchev–Trinajstić information content (AvgIpc) is 2.99. The molecule has 0 aliphatic carbocycles. The van der Waals surface area contributed by atoms with Crippen LogP contribution < -0.4 is 5.32 Å². The minimum Gasteiger partial charge on any atom is -0.360 e. The molecule has 112 valence electrons. The molecule has 2 aromatic heterocycles. The Morgan fingerprint density at radius 1 is 1.00 bits per heavy atom. The van der Waals surface area contributed by atoms with E-state index in [1.165, 1.54) is 12.1 Å². The topological polar surface area (TPSA) is 53.6 Å². The maximum Gasteiger partial charge on any atom is 0.227 e. The van der Waals surface area contributed by atoms with E-state index in [1.807, 2.05) is 42.6 Å². The van der Waals surface area contributed by atoms with Gasteiger partial charge in [0.05, 0.1) is 5.69 Å². The van der Waals surface area contributed by atoms with Crippen LogP contribution in [0.2, 0.25) is 0 Å². The van der Waals surface area contributed by atoms with Crippen LogP contribution in [0.1, 0.15) is 0 Å². The van der Waals surface area contributed by atoms with Crippen molar-refractivity contribution in [1.82, 2.24) is 15.0 Å². The Morgan fingerprint density at radius 3 is 2.74 bits per heavy atom. The number of H-pyrrole nitrogens is 1. The number of aromatic amines is 1. The molecule has 0 unspecified atom stereocenters. The first-order chi connectivity index (χ1) is 11.3. The Labute approximate surface area is 132 Å². The number of nitrogens with zero attached hydrogens (tertiary/aromatic N) is 2. The molecule has 23 heavy (non-hydrogen) atoms. The third-order valence-corrected chi connectivity index (χ3v) is 3.61. The van der Waals surface area contributed by atoms with E-state index >= 15 is 0 Å². The number of aromatic nitrogens is 3. The summed E-state index contributed by atoms with van der Waals surface area (Å²) in [6.45, 7) is 0. The van der Waals surface area contributed by atoms with Gasteiger partial charge in [0, 0.05) is 34.5 Å². The summed E-state index contributed by atoms with van der Waals surface area (Å²) in [5.41, 5.74) is 3.36. The van der Waals surface area contributed by atoms with Crippen molar-refractivity contribution < 1.29 is 4.39 Å². The van der Waals surface area contributed by atoms with Crippen molar-refractivity contribution in [1.29, 1.82) is 0 Å². The second kappa shape index (κ2) is 5.53. The number of para-hydroxylation sites is 1. The van der Waals surface area contributed by atoms with E-state index in [0.717, 1.165) is 27.8 Å². The molecule has 2 heterocycles. The number of hydrogen-bond donors (Lipinski definition) is 2. The second-order valence-electron chi connectivity index (χ2n) is 5.15. The van der Waals surface area contributed by atoms with Gasteiger partial charge in [0.25, 0.3) is 0 Å². The minimum absolute atomic E-state index is 0.268. The molecule has 0 spiro atoms. The standard InChI is InChI=1S/C18H13FN4/c19-12-6-7-16-14(10-12)15(11-21-16)17-8-9-20-18(23-17)22-13-4-2-1-3-5-13/h1-11,21H,(H,20,22,23). The summed E-state index contributed by atoms with van der Waals surface area (Å²) >= 11 is 0. The molecule has 0 saturated carbocycles. The summed E-state index contributed by atoms with van der Waals surface area (Å²) in [5.74, 6) is 0.231. The van der Waals surface area contributed by atoms with E-state index in [9.17, 15) is 4.39 Å². The highest BCUT2D eigenvalue weighted by atomic mass is 19.1. The van der Waals surface area contributed by atoms with Crippen LogP contribution >= 0.6 is 0 Å². The fraction of sp³-hybridized carbons (Fsp3) is 0. The molecule has 4 nitrogen and oxygen atoms in total. The van der Waals surface area contributed by atoms with E-state index in [4.69, 9.17) is 0 Å². The number of rotatable bonds is 3. The quantitative estimate of drug-likeness (QED) is 0.585. The van der Waals surface area contributed by atoms with Crippen LogP contribution in [0.25, 0.3) is 22.2 Å². The van der Waals surface area contributed by atoms with Gasteiger partial charge in [-0.1, -0.05) is 18.2 Å². The monoisotopic (exact) mass is 304 g/mol. The fourth-order valence-electron chi connectivity index (χ4n) is 2.52. The summed E-state index contributed by atoms with van der Waals surface area (Å²) in [5, 5.41) is 3.96. The zero-order valence-corrected chi connectivity index (χ0v) is 12.1. The van der Waals surface area contributed by atoms with E-state index in [0.29, 0.717) is 5.95 Å². The van der Waals surface area contributed by atoms with Crippen LogP contribution in [0.15, 0.2) is 67.0 Å². The lowest BCUT2D eigenvalue weighted by atomic mass is 10.1. The third kappa shape index (κ3) is 2.64. The molecule has 0 aliphatic heterocycles. The van der Waals surface area contributed by atoms with Gasteiger partial charge in [-0.25, -0.2) is 14.4 Å². The van der Waals surface area contributed by atoms with Gasteiger partial charge in [-0.3, -0.25) is 0 Å². The van der Waals surface area contributed by atoms with Crippen molar-refractivity contribution in [2.24, 2.45) is 0 Å². The first-order valence-electron chi connectivity index (χ1n) is 7.22. The zero-order valence-electron chi connectivity index (χ0n) is 12.1. The highest BCUT2D eigenvalue weighted by Crippen LogP contribution is 2.28. The first-order valence-corrected chi connectivity index (χ1v) is 7.22. The number of halogens is 1. The highest BCUT2D eigenvalue weighted by molar-refractivity contribution is 5.94. The molecule has 0 radical (unpaired) electrons. The Balaban J connectivity index is 1.74. The molecular formula is C18H13FN4. The lowest BCUT2D eigenvalue weighted by molar-refractivity contribution is 0.630. The molecule has 5 heteroatoms. The normalized spacial score (nSPS) is 10.8. The van der Waals surface area contributed by atoms with Crippen LogP contribution in [-0.2, 0) is 0 Å². The lowest BCUT2D eigenvalue weighted by Gasteiger charge is -2.06. The summed E-state index contributed by atoms with van der Waals surface area (Å²) in [6.07, 6.45) is 3.52. The fourth-order valence-corrected chi connectivity index (χ4v) is 2.52. The first kappa shape index (κ1) is 13.5. The van der Waals surface area contributed by atoms with Gasteiger partial charge < -0.3 is 10.3 Å². The minimum atomic E-state index is -0.268. The predicted molar refractivity (Wildman–Crippen MR) is 89.0 cm³/mol. The van der Waals surface area contributed by atoms with Crippen molar-refractivity contribution >= 4 is 22.5 Å². The summed E-state index contributed by atoms with van der Waals surface area (Å²) in [4.78, 5) is 11.9. The van der Waals surface area contributed by atoms with Crippen LogP contribution in [0.5, 0.6) is 0 Å². The van der Waals surface area contributed by atoms with Gasteiger partial charge in [0.1, 0.15) is 5.82 Å². The Hall–Kier alpha value is -3.21. The van der Waals surface area contributed by atoms with Crippen LogP contribution in [0.3, 0.4) is 0 Å². The van der Waals surface area contributed by atoms with Gasteiger partial charge >= 0.3 is 0 Å². The van der Waals surface area contributed by atoms with E-state index in [-0.39, 0.29) is 5.82 Å². The van der Waals surface area contributed by atoms with E-state index in [1.54, 1.807) is 12.3 Å². The molecular weight excluding hydrogens is 291 g/mol. The van der Waals surface area contributed by atoms with Crippen molar-refractivity contribution in [2.45, 2.75) is 0 Å². The molecule has 4 rings (SSSR count). The number of fused-ring (bicyclic) bond motifs is 1. The van der Waals surface area contributed by atoms with Crippen molar-refractivity contribution in [2.75, 3.05) is 5.32 Å². The second-order valence-corrected chi connectivity index (χ2v) is 5.15.